The van der Waals surface area contributed by atoms with Crippen molar-refractivity contribution in [1.82, 2.24) is 30.2 Å². The molecular weight excluding hydrogens is 316 g/mol. The molecule has 1 aliphatic heterocycles. The van der Waals surface area contributed by atoms with Crippen LogP contribution in [0.3, 0.4) is 0 Å². The first kappa shape index (κ1) is 17.7. The molecule has 3 rings (SSSR count). The lowest BCUT2D eigenvalue weighted by atomic mass is 9.96. The van der Waals surface area contributed by atoms with Gasteiger partial charge in [0.2, 0.25) is 5.91 Å². The third kappa shape index (κ3) is 4.10. The summed E-state index contributed by atoms with van der Waals surface area (Å²) < 4.78 is 1.87. The summed E-state index contributed by atoms with van der Waals surface area (Å²) in [5, 5.41) is 15.0. The van der Waals surface area contributed by atoms with Crippen molar-refractivity contribution in [2.45, 2.75) is 45.6 Å². The Labute approximate surface area is 148 Å². The molecule has 1 fully saturated rings. The van der Waals surface area contributed by atoms with Crippen molar-refractivity contribution in [3.63, 3.8) is 0 Å². The normalized spacial score (nSPS) is 17.6. The number of aromatic amines is 1. The van der Waals surface area contributed by atoms with Gasteiger partial charge >= 0.3 is 0 Å². The molecule has 0 aliphatic carbocycles. The first-order chi connectivity index (χ1) is 12.1. The summed E-state index contributed by atoms with van der Waals surface area (Å²) in [6.45, 7) is 7.05. The van der Waals surface area contributed by atoms with Crippen LogP contribution < -0.4 is 5.32 Å². The molecule has 2 aromatic heterocycles. The van der Waals surface area contributed by atoms with E-state index < -0.39 is 0 Å². The fourth-order valence-electron chi connectivity index (χ4n) is 3.52. The molecule has 1 saturated heterocycles. The zero-order valence-electron chi connectivity index (χ0n) is 15.4. The molecule has 0 aromatic carbocycles. The number of aryl methyl sites for hydroxylation is 2. The number of carbonyl (C=O) groups is 1. The van der Waals surface area contributed by atoms with E-state index in [-0.39, 0.29) is 5.91 Å². The number of likely N-dealkylation sites (N-methyl/N-ethyl adjacent to an activating group) is 1. The Kier molecular flexibility index (Phi) is 5.53. The Morgan fingerprint density at radius 1 is 1.44 bits per heavy atom. The van der Waals surface area contributed by atoms with Crippen molar-refractivity contribution >= 4 is 5.91 Å². The zero-order chi connectivity index (χ0) is 17.8. The van der Waals surface area contributed by atoms with Gasteiger partial charge in [0.1, 0.15) is 6.54 Å². The van der Waals surface area contributed by atoms with E-state index in [0.29, 0.717) is 19.0 Å². The number of rotatable bonds is 6. The second-order valence-electron chi connectivity index (χ2n) is 6.93. The Bertz CT molecular complexity index is 693. The summed E-state index contributed by atoms with van der Waals surface area (Å²) in [6.07, 6.45) is 4.94. The van der Waals surface area contributed by atoms with Gasteiger partial charge in [0.15, 0.2) is 0 Å². The van der Waals surface area contributed by atoms with Crippen LogP contribution in [-0.2, 0) is 17.8 Å². The highest BCUT2D eigenvalue weighted by molar-refractivity contribution is 5.75. The van der Waals surface area contributed by atoms with E-state index >= 15 is 0 Å². The molecule has 0 bridgehead atoms. The SMILES string of the molecule is Cc1n[nH]c(C)c1CCN(C)C(=O)Cn1nccc1C1CCCNC1. The number of aromatic nitrogens is 4. The van der Waals surface area contributed by atoms with Crippen LogP contribution >= 0.6 is 0 Å². The summed E-state index contributed by atoms with van der Waals surface area (Å²) in [6, 6.07) is 2.04. The first-order valence-corrected chi connectivity index (χ1v) is 9.03. The Morgan fingerprint density at radius 2 is 2.28 bits per heavy atom. The van der Waals surface area contributed by atoms with Crippen molar-refractivity contribution < 1.29 is 4.79 Å². The van der Waals surface area contributed by atoms with Gasteiger partial charge in [-0.3, -0.25) is 14.6 Å². The van der Waals surface area contributed by atoms with Gasteiger partial charge in [0, 0.05) is 43.6 Å². The minimum Gasteiger partial charge on any atom is -0.344 e. The molecule has 136 valence electrons. The van der Waals surface area contributed by atoms with E-state index in [1.54, 1.807) is 11.1 Å². The van der Waals surface area contributed by atoms with Gasteiger partial charge in [-0.15, -0.1) is 0 Å². The topological polar surface area (TPSA) is 78.8 Å². The molecular formula is C18H28N6O. The van der Waals surface area contributed by atoms with Crippen LogP contribution in [0.4, 0.5) is 0 Å². The third-order valence-electron chi connectivity index (χ3n) is 5.15. The number of nitrogens with zero attached hydrogens (tertiary/aromatic N) is 4. The summed E-state index contributed by atoms with van der Waals surface area (Å²) in [7, 11) is 1.86. The molecule has 1 atom stereocenters. The Balaban J connectivity index is 1.57. The average molecular weight is 344 g/mol. The number of nitrogens with one attached hydrogen (secondary N) is 2. The monoisotopic (exact) mass is 344 g/mol. The van der Waals surface area contributed by atoms with Gasteiger partial charge in [-0.05, 0) is 51.3 Å². The van der Waals surface area contributed by atoms with E-state index in [1.165, 1.54) is 12.0 Å². The number of H-pyrrole nitrogens is 1. The van der Waals surface area contributed by atoms with Crippen molar-refractivity contribution in [2.24, 2.45) is 0 Å². The molecule has 25 heavy (non-hydrogen) atoms. The van der Waals surface area contributed by atoms with Crippen LogP contribution in [-0.4, -0.2) is 57.5 Å². The smallest absolute Gasteiger partial charge is 0.244 e. The van der Waals surface area contributed by atoms with Gasteiger partial charge in [-0.2, -0.15) is 10.2 Å². The molecule has 7 heteroatoms. The van der Waals surface area contributed by atoms with Gasteiger partial charge in [0.25, 0.3) is 0 Å². The highest BCUT2D eigenvalue weighted by Gasteiger charge is 2.21. The van der Waals surface area contributed by atoms with Gasteiger partial charge in [-0.1, -0.05) is 0 Å². The van der Waals surface area contributed by atoms with Crippen molar-refractivity contribution in [1.29, 1.82) is 0 Å². The summed E-state index contributed by atoms with van der Waals surface area (Å²) in [4.78, 5) is 14.4. The second-order valence-corrected chi connectivity index (χ2v) is 6.93. The third-order valence-corrected chi connectivity index (χ3v) is 5.15. The molecule has 0 spiro atoms. The Hall–Kier alpha value is -2.15. The first-order valence-electron chi connectivity index (χ1n) is 9.03. The summed E-state index contributed by atoms with van der Waals surface area (Å²) in [5.74, 6) is 0.540. The quantitative estimate of drug-likeness (QED) is 0.830. The number of amides is 1. The zero-order valence-corrected chi connectivity index (χ0v) is 15.4. The largest absolute Gasteiger partial charge is 0.344 e. The van der Waals surface area contributed by atoms with Gasteiger partial charge in [-0.25, -0.2) is 0 Å². The maximum Gasteiger partial charge on any atom is 0.244 e. The lowest BCUT2D eigenvalue weighted by Gasteiger charge is -2.24. The molecule has 1 aliphatic rings. The van der Waals surface area contributed by atoms with Gasteiger partial charge < -0.3 is 10.2 Å². The van der Waals surface area contributed by atoms with E-state index in [0.717, 1.165) is 43.0 Å². The molecule has 7 nitrogen and oxygen atoms in total. The number of hydrogen-bond acceptors (Lipinski definition) is 4. The molecule has 3 heterocycles. The fraction of sp³-hybridized carbons (Fsp3) is 0.611. The highest BCUT2D eigenvalue weighted by atomic mass is 16.2. The van der Waals surface area contributed by atoms with Crippen LogP contribution in [0.15, 0.2) is 12.3 Å². The molecule has 0 radical (unpaired) electrons. The van der Waals surface area contributed by atoms with Crippen LogP contribution in [0.5, 0.6) is 0 Å². The fourth-order valence-corrected chi connectivity index (χ4v) is 3.52. The van der Waals surface area contributed by atoms with E-state index in [2.05, 4.69) is 20.6 Å². The summed E-state index contributed by atoms with van der Waals surface area (Å²) in [5.41, 5.74) is 4.46. The van der Waals surface area contributed by atoms with Gasteiger partial charge in [0.05, 0.1) is 5.69 Å². The molecule has 1 unspecified atom stereocenters. The van der Waals surface area contributed by atoms with E-state index in [1.807, 2.05) is 31.6 Å². The predicted octanol–water partition coefficient (Wildman–Crippen LogP) is 1.39. The number of carbonyl (C=O) groups excluding carboxylic acids is 1. The minimum absolute atomic E-state index is 0.0903. The van der Waals surface area contributed by atoms with Crippen molar-refractivity contribution in [2.75, 3.05) is 26.7 Å². The molecule has 1 amide bonds. The van der Waals surface area contributed by atoms with E-state index in [4.69, 9.17) is 0 Å². The van der Waals surface area contributed by atoms with Crippen molar-refractivity contribution in [3.05, 3.63) is 34.9 Å². The maximum absolute atomic E-state index is 12.6. The summed E-state index contributed by atoms with van der Waals surface area (Å²) >= 11 is 0. The highest BCUT2D eigenvalue weighted by Crippen LogP contribution is 2.22. The molecule has 2 N–H and O–H groups in total. The van der Waals surface area contributed by atoms with E-state index in [9.17, 15) is 4.79 Å². The lowest BCUT2D eigenvalue weighted by Crippen LogP contribution is -2.34. The predicted molar refractivity (Wildman–Crippen MR) is 96.5 cm³/mol. The lowest BCUT2D eigenvalue weighted by molar-refractivity contribution is -0.130. The molecule has 2 aromatic rings. The second kappa shape index (κ2) is 7.82. The van der Waals surface area contributed by atoms with Crippen LogP contribution in [0, 0.1) is 13.8 Å². The number of hydrogen-bond donors (Lipinski definition) is 2. The maximum atomic E-state index is 12.6. The Morgan fingerprint density at radius 3 is 2.96 bits per heavy atom. The van der Waals surface area contributed by atoms with Crippen LogP contribution in [0.2, 0.25) is 0 Å². The van der Waals surface area contributed by atoms with Crippen molar-refractivity contribution in [3.8, 4) is 0 Å². The average Bonchev–Trinajstić information content (AvgIpc) is 3.20. The number of piperidine rings is 1. The minimum atomic E-state index is 0.0903. The van der Waals surface area contributed by atoms with Crippen LogP contribution in [0.1, 0.15) is 41.4 Å². The van der Waals surface area contributed by atoms with Crippen LogP contribution in [0.25, 0.3) is 0 Å². The molecule has 0 saturated carbocycles. The standard InChI is InChI=1S/C18H28N6O/c1-13-16(14(2)22-21-13)7-10-23(3)18(25)12-24-17(6-9-20-24)15-5-4-8-19-11-15/h6,9,15,19H,4-5,7-8,10-12H2,1-3H3,(H,21,22).